The second-order valence-electron chi connectivity index (χ2n) is 19.4. The number of nitrogens with zero attached hydrogens (tertiary/aromatic N) is 3. The zero-order chi connectivity index (χ0) is 53.2. The van der Waals surface area contributed by atoms with Gasteiger partial charge in [0.1, 0.15) is 31.8 Å². The molecule has 6 N–H and O–H groups in total. The van der Waals surface area contributed by atoms with Gasteiger partial charge in [-0.2, -0.15) is 0 Å². The predicted molar refractivity (Wildman–Crippen MR) is 261 cm³/mol. The molecule has 21 heteroatoms. The number of imide groups is 1. The molecule has 0 saturated carbocycles. The number of fused-ring (bicyclic) bond motifs is 5. The highest BCUT2D eigenvalue weighted by Crippen LogP contribution is 2.47. The number of aryl methyl sites for hydroxylation is 1. The number of cyclic esters (lactones) is 1. The summed E-state index contributed by atoms with van der Waals surface area (Å²) >= 11 is 0. The molecule has 5 heterocycles. The van der Waals surface area contributed by atoms with Crippen LogP contribution < -0.4 is 27.2 Å². The predicted octanol–water partition coefficient (Wildman–Crippen LogP) is 1.87. The minimum absolute atomic E-state index is 0.0165. The Morgan fingerprint density at radius 3 is 2.42 bits per heavy atom. The van der Waals surface area contributed by atoms with Gasteiger partial charge in [-0.25, -0.2) is 14.2 Å². The SMILES string of the molecule is CC[C@@]1(O)C(=O)OCc2c1cc1n(c2=O)Cc2c-1nc1cc(F)c(C)c3c1c2[C@@H](CC(=O)COCNC(=O)CCC(=O)[C@H](Cc1ccccc1)NC(=O)CCC(=O)CNC(=O)[C@@H](CN)N1C(=O)CC(C)C1=O)CC3. The number of pyridine rings is 2. The molecule has 0 radical (unpaired) electrons. The Labute approximate surface area is 423 Å². The Morgan fingerprint density at radius 2 is 1.72 bits per heavy atom. The highest BCUT2D eigenvalue weighted by atomic mass is 19.1. The van der Waals surface area contributed by atoms with Crippen molar-refractivity contribution < 1.29 is 62.1 Å². The number of nitrogens with two attached hydrogens (primary N) is 1. The molecule has 1 fully saturated rings. The number of aliphatic hydroxyl groups is 1. The van der Waals surface area contributed by atoms with Crippen LogP contribution in [-0.2, 0) is 84.2 Å². The van der Waals surface area contributed by atoms with E-state index >= 15 is 4.39 Å². The van der Waals surface area contributed by atoms with E-state index in [9.17, 15) is 53.1 Å². The monoisotopic (exact) mass is 1020 g/mol. The average Bonchev–Trinajstić information content (AvgIpc) is 3.88. The zero-order valence-corrected chi connectivity index (χ0v) is 41.3. The third-order valence-corrected chi connectivity index (χ3v) is 14.5. The Morgan fingerprint density at radius 1 is 0.973 bits per heavy atom. The maximum Gasteiger partial charge on any atom is 0.343 e. The lowest BCUT2D eigenvalue weighted by Crippen LogP contribution is -2.54. The summed E-state index contributed by atoms with van der Waals surface area (Å²) in [6.45, 7) is 3.10. The Bertz CT molecular complexity index is 3070. The number of nitrogens with one attached hydrogen (secondary N) is 3. The van der Waals surface area contributed by atoms with E-state index < -0.39 is 88.6 Å². The molecule has 5 amide bonds. The number of ketones is 3. The summed E-state index contributed by atoms with van der Waals surface area (Å²) < 4.78 is 27.7. The molecular formula is C53H58FN7O13. The number of esters is 1. The summed E-state index contributed by atoms with van der Waals surface area (Å²) in [6.07, 6.45) is -0.191. The van der Waals surface area contributed by atoms with E-state index in [0.29, 0.717) is 46.3 Å². The highest BCUT2D eigenvalue weighted by molar-refractivity contribution is 6.07. The molecule has 0 spiro atoms. The first kappa shape index (κ1) is 52.9. The van der Waals surface area contributed by atoms with Gasteiger partial charge in [-0.05, 0) is 66.8 Å². The Hall–Kier alpha value is -7.36. The molecular weight excluding hydrogens is 962 g/mol. The van der Waals surface area contributed by atoms with Crippen molar-refractivity contribution in [3.8, 4) is 11.4 Å². The molecule has 2 aromatic carbocycles. The first-order valence-corrected chi connectivity index (χ1v) is 24.7. The summed E-state index contributed by atoms with van der Waals surface area (Å²) in [6, 6.07) is 9.44. The second kappa shape index (κ2) is 22.0. The van der Waals surface area contributed by atoms with Crippen molar-refractivity contribution in [1.29, 1.82) is 0 Å². The van der Waals surface area contributed by atoms with Crippen molar-refractivity contribution in [3.05, 3.63) is 97.6 Å². The summed E-state index contributed by atoms with van der Waals surface area (Å²) in [5.41, 5.74) is 7.99. The molecule has 1 saturated heterocycles. The smallest absolute Gasteiger partial charge is 0.343 e. The number of amides is 5. The third kappa shape index (κ3) is 10.5. The van der Waals surface area contributed by atoms with Gasteiger partial charge < -0.3 is 40.8 Å². The lowest BCUT2D eigenvalue weighted by Gasteiger charge is -2.31. The maximum atomic E-state index is 15.4. The number of aromatic nitrogens is 2. The number of halogens is 1. The van der Waals surface area contributed by atoms with Crippen LogP contribution in [0, 0.1) is 18.7 Å². The number of carbonyl (C=O) groups excluding carboxylic acids is 9. The molecule has 8 rings (SSSR count). The first-order chi connectivity index (χ1) is 35.3. The number of hydrogen-bond acceptors (Lipinski definition) is 15. The second-order valence-corrected chi connectivity index (χ2v) is 19.4. The fraction of sp³-hybridized carbons (Fsp3) is 0.453. The van der Waals surface area contributed by atoms with E-state index in [1.165, 1.54) is 10.6 Å². The number of Topliss-reactive ketones (excluding diaryl/α,β-unsaturated/α-hetero) is 3. The van der Waals surface area contributed by atoms with Crippen LogP contribution in [0.25, 0.3) is 22.3 Å². The number of ether oxygens (including phenoxy) is 2. The normalized spacial score (nSPS) is 19.3. The van der Waals surface area contributed by atoms with Crippen LogP contribution >= 0.6 is 0 Å². The lowest BCUT2D eigenvalue weighted by atomic mass is 9.76. The van der Waals surface area contributed by atoms with Gasteiger partial charge in [0.05, 0.1) is 41.6 Å². The van der Waals surface area contributed by atoms with Crippen LogP contribution in [0.5, 0.6) is 0 Å². The van der Waals surface area contributed by atoms with Gasteiger partial charge >= 0.3 is 5.97 Å². The van der Waals surface area contributed by atoms with Crippen molar-refractivity contribution in [1.82, 2.24) is 30.4 Å². The van der Waals surface area contributed by atoms with Gasteiger partial charge in [0.25, 0.3) is 5.56 Å². The Balaban J connectivity index is 0.841. The minimum atomic E-state index is -2.04. The van der Waals surface area contributed by atoms with Gasteiger partial charge in [0.15, 0.2) is 23.0 Å². The molecule has 2 aromatic heterocycles. The lowest BCUT2D eigenvalue weighted by molar-refractivity contribution is -0.172. The third-order valence-electron chi connectivity index (χ3n) is 14.5. The molecule has 4 aliphatic rings. The van der Waals surface area contributed by atoms with E-state index in [1.807, 2.05) is 0 Å². The van der Waals surface area contributed by atoms with Gasteiger partial charge in [0.2, 0.25) is 29.5 Å². The van der Waals surface area contributed by atoms with E-state index in [1.54, 1.807) is 57.2 Å². The first-order valence-electron chi connectivity index (χ1n) is 24.7. The quantitative estimate of drug-likeness (QED) is 0.0286. The van der Waals surface area contributed by atoms with E-state index in [0.717, 1.165) is 21.6 Å². The van der Waals surface area contributed by atoms with Crippen LogP contribution in [0.1, 0.15) is 110 Å². The Kier molecular flexibility index (Phi) is 15.7. The van der Waals surface area contributed by atoms with Crippen molar-refractivity contribution in [2.24, 2.45) is 11.7 Å². The summed E-state index contributed by atoms with van der Waals surface area (Å²) in [5.74, 6) is -6.57. The molecule has 4 aromatic rings. The van der Waals surface area contributed by atoms with E-state index in [2.05, 4.69) is 16.0 Å². The van der Waals surface area contributed by atoms with Crippen LogP contribution in [0.3, 0.4) is 0 Å². The van der Waals surface area contributed by atoms with Gasteiger partial charge in [-0.1, -0.05) is 44.2 Å². The zero-order valence-electron chi connectivity index (χ0n) is 41.3. The topological polar surface area (TPSA) is 293 Å². The standard InChI is InChI=1S/C53H58FN7O13/c1-4-53(72)36-19-40-48-34(23-60(40)51(70)35(36)25-74-52(53)71)46-30(10-12-33-28(3)37(54)20-39(59-48)47(33)46)18-32(63)24-73-26-57-43(65)15-13-42(64)38(17-29-8-6-5-7-9-29)58-44(66)14-11-31(62)22-56-49(68)41(21-55)61-45(67)16-27(2)50(61)69/h5-9,19-20,27,30,38,41,72H,4,10-18,21-26,55H2,1-3H3,(H,56,68)(H,57,65)(H,58,66)/t27?,30-,38+,41-,53+/m1/s1. The fourth-order valence-electron chi connectivity index (χ4n) is 10.5. The molecule has 5 atom stereocenters. The van der Waals surface area contributed by atoms with E-state index in [-0.39, 0.29) is 107 Å². The highest BCUT2D eigenvalue weighted by Gasteiger charge is 2.46. The number of likely N-dealkylation sites (tertiary alicyclic amines) is 1. The molecule has 20 nitrogen and oxygen atoms in total. The maximum absolute atomic E-state index is 15.4. The van der Waals surface area contributed by atoms with Crippen molar-refractivity contribution in [2.75, 3.05) is 26.4 Å². The van der Waals surface area contributed by atoms with Crippen molar-refractivity contribution >= 4 is 63.8 Å². The van der Waals surface area contributed by atoms with Gasteiger partial charge in [-0.3, -0.25) is 48.1 Å². The average molecular weight is 1020 g/mol. The van der Waals surface area contributed by atoms with Gasteiger partial charge in [0, 0.05) is 73.6 Å². The summed E-state index contributed by atoms with van der Waals surface area (Å²) in [7, 11) is 0. The van der Waals surface area contributed by atoms with Crippen molar-refractivity contribution in [3.63, 3.8) is 0 Å². The largest absolute Gasteiger partial charge is 0.458 e. The van der Waals surface area contributed by atoms with E-state index in [4.69, 9.17) is 20.2 Å². The van der Waals surface area contributed by atoms with Crippen LogP contribution in [0.4, 0.5) is 4.39 Å². The molecule has 3 aliphatic heterocycles. The number of rotatable bonds is 22. The van der Waals surface area contributed by atoms with Crippen LogP contribution in [-0.4, -0.2) is 111 Å². The van der Waals surface area contributed by atoms with Crippen molar-refractivity contribution in [2.45, 2.75) is 122 Å². The minimum Gasteiger partial charge on any atom is -0.458 e. The van der Waals surface area contributed by atoms with Crippen LogP contribution in [0.2, 0.25) is 0 Å². The van der Waals surface area contributed by atoms with Gasteiger partial charge in [-0.15, -0.1) is 0 Å². The number of hydrogen-bond donors (Lipinski definition) is 5. The summed E-state index contributed by atoms with van der Waals surface area (Å²) in [5, 5.41) is 19.7. The number of carbonyl (C=O) groups is 9. The van der Waals surface area contributed by atoms with Crippen LogP contribution in [0.15, 0.2) is 47.3 Å². The molecule has 0 bridgehead atoms. The molecule has 390 valence electrons. The summed E-state index contributed by atoms with van der Waals surface area (Å²) in [4.78, 5) is 136. The fourth-order valence-corrected chi connectivity index (χ4v) is 10.5. The number of benzene rings is 2. The molecule has 1 unspecified atom stereocenters. The molecule has 1 aliphatic carbocycles. The molecule has 74 heavy (non-hydrogen) atoms.